The van der Waals surface area contributed by atoms with Crippen LogP contribution in [0.25, 0.3) is 0 Å². The van der Waals surface area contributed by atoms with E-state index in [4.69, 9.17) is 10.5 Å². The Hall–Kier alpha value is -1.61. The highest BCUT2D eigenvalue weighted by Gasteiger charge is 2.24. The molecule has 0 amide bonds. The van der Waals surface area contributed by atoms with E-state index in [1.54, 1.807) is 6.07 Å². The van der Waals surface area contributed by atoms with E-state index in [-0.39, 0.29) is 37.6 Å². The van der Waals surface area contributed by atoms with Crippen LogP contribution >= 0.6 is 22.6 Å². The van der Waals surface area contributed by atoms with Crippen molar-refractivity contribution in [1.82, 2.24) is 4.31 Å². The molecule has 12 heteroatoms. The summed E-state index contributed by atoms with van der Waals surface area (Å²) >= 11 is 1.90. The number of nitrogens with one attached hydrogen (secondary N) is 2. The molecule has 0 radical (unpaired) electrons. The van der Waals surface area contributed by atoms with E-state index in [0.717, 1.165) is 16.4 Å². The molecule has 0 atom stereocenters. The zero-order valence-electron chi connectivity index (χ0n) is 16.1. The lowest BCUT2D eigenvalue weighted by Gasteiger charge is -2.23. The third-order valence-corrected chi connectivity index (χ3v) is 6.21. The summed E-state index contributed by atoms with van der Waals surface area (Å²) in [5.74, 6) is -3.27. The molecule has 0 fully saturated rings. The molecule has 0 aliphatic heterocycles. The van der Waals surface area contributed by atoms with Gasteiger partial charge in [-0.25, -0.2) is 13.2 Å². The maximum atomic E-state index is 14.5. The predicted octanol–water partition coefficient (Wildman–Crippen LogP) is 3.41. The fourth-order valence-electron chi connectivity index (χ4n) is 2.50. The van der Waals surface area contributed by atoms with Gasteiger partial charge in [0.15, 0.2) is 11.6 Å². The summed E-state index contributed by atoms with van der Waals surface area (Å²) in [7, 11) is -2.73. The standard InChI is InChI=1S/C18H22F3IN4O3S/c1-29-10-9-26(8-2-7-23)30(27,28)25-16-6-4-13(19)17(21)18(16)24-15-5-3-12(22)11-14(15)20/h3-6,11,24-25H,2,7-10,23H2,1H3. The molecule has 0 bridgehead atoms. The molecule has 0 aliphatic rings. The molecule has 0 aliphatic carbocycles. The molecule has 4 N–H and O–H groups in total. The molecule has 0 saturated carbocycles. The van der Waals surface area contributed by atoms with Gasteiger partial charge in [0.2, 0.25) is 0 Å². The van der Waals surface area contributed by atoms with Crippen LogP contribution in [-0.2, 0) is 14.9 Å². The minimum Gasteiger partial charge on any atom is -0.383 e. The summed E-state index contributed by atoms with van der Waals surface area (Å²) in [6.45, 7) is 0.530. The van der Waals surface area contributed by atoms with Crippen LogP contribution in [-0.4, -0.2) is 46.1 Å². The first-order chi connectivity index (χ1) is 14.2. The highest BCUT2D eigenvalue weighted by molar-refractivity contribution is 14.1. The van der Waals surface area contributed by atoms with Crippen molar-refractivity contribution in [2.75, 3.05) is 43.4 Å². The van der Waals surface area contributed by atoms with Crippen molar-refractivity contribution in [3.05, 3.63) is 51.4 Å². The van der Waals surface area contributed by atoms with Crippen LogP contribution in [0.2, 0.25) is 0 Å². The molecule has 2 rings (SSSR count). The van der Waals surface area contributed by atoms with Gasteiger partial charge in [0.1, 0.15) is 11.5 Å². The lowest BCUT2D eigenvalue weighted by Crippen LogP contribution is -2.39. The second-order valence-electron chi connectivity index (χ2n) is 6.17. The summed E-state index contributed by atoms with van der Waals surface area (Å²) < 4.78 is 77.0. The van der Waals surface area contributed by atoms with Gasteiger partial charge in [0.05, 0.1) is 18.0 Å². The molecular formula is C18H22F3IN4O3S. The Morgan fingerprint density at radius 3 is 2.43 bits per heavy atom. The van der Waals surface area contributed by atoms with Gasteiger partial charge in [0.25, 0.3) is 0 Å². The monoisotopic (exact) mass is 558 g/mol. The Kier molecular flexibility index (Phi) is 9.15. The highest BCUT2D eigenvalue weighted by atomic mass is 127. The Morgan fingerprint density at radius 2 is 1.80 bits per heavy atom. The molecule has 2 aromatic carbocycles. The molecule has 0 unspecified atom stereocenters. The van der Waals surface area contributed by atoms with Gasteiger partial charge in [-0.2, -0.15) is 12.7 Å². The number of ether oxygens (including phenoxy) is 1. The normalized spacial score (nSPS) is 11.7. The molecule has 30 heavy (non-hydrogen) atoms. The van der Waals surface area contributed by atoms with Gasteiger partial charge in [0, 0.05) is 23.8 Å². The minimum atomic E-state index is -4.16. The van der Waals surface area contributed by atoms with Crippen LogP contribution in [0.5, 0.6) is 0 Å². The summed E-state index contributed by atoms with van der Waals surface area (Å²) in [5, 5.41) is 2.44. The van der Waals surface area contributed by atoms with E-state index in [0.29, 0.717) is 9.99 Å². The van der Waals surface area contributed by atoms with E-state index < -0.39 is 33.3 Å². The van der Waals surface area contributed by atoms with Crippen molar-refractivity contribution < 1.29 is 26.3 Å². The maximum Gasteiger partial charge on any atom is 0.301 e. The van der Waals surface area contributed by atoms with Crippen LogP contribution in [0.3, 0.4) is 0 Å². The maximum absolute atomic E-state index is 14.5. The van der Waals surface area contributed by atoms with Crippen molar-refractivity contribution in [2.24, 2.45) is 5.73 Å². The first-order valence-electron chi connectivity index (χ1n) is 8.86. The van der Waals surface area contributed by atoms with E-state index in [1.807, 2.05) is 22.6 Å². The van der Waals surface area contributed by atoms with Gasteiger partial charge in [-0.15, -0.1) is 0 Å². The first-order valence-corrected chi connectivity index (χ1v) is 11.4. The van der Waals surface area contributed by atoms with Crippen LogP contribution in [0.4, 0.5) is 30.2 Å². The zero-order chi connectivity index (χ0) is 22.3. The summed E-state index contributed by atoms with van der Waals surface area (Å²) in [4.78, 5) is 0. The van der Waals surface area contributed by atoms with Crippen LogP contribution in [0.15, 0.2) is 30.3 Å². The number of hydrogen-bond donors (Lipinski definition) is 3. The number of nitrogens with zero attached hydrogens (tertiary/aromatic N) is 1. The molecular weight excluding hydrogens is 536 g/mol. The number of methoxy groups -OCH3 is 1. The number of rotatable bonds is 11. The fraction of sp³-hybridized carbons (Fsp3) is 0.333. The number of halogens is 4. The minimum absolute atomic E-state index is 0.0318. The Morgan fingerprint density at radius 1 is 1.10 bits per heavy atom. The highest BCUT2D eigenvalue weighted by Crippen LogP contribution is 2.32. The van der Waals surface area contributed by atoms with Crippen LogP contribution in [0, 0.1) is 21.0 Å². The quantitative estimate of drug-likeness (QED) is 0.368. The van der Waals surface area contributed by atoms with Crippen molar-refractivity contribution >= 4 is 49.9 Å². The van der Waals surface area contributed by atoms with Gasteiger partial charge in [-0.3, -0.25) is 4.72 Å². The predicted molar refractivity (Wildman–Crippen MR) is 118 cm³/mol. The molecule has 2 aromatic rings. The van der Waals surface area contributed by atoms with Gasteiger partial charge < -0.3 is 15.8 Å². The second-order valence-corrected chi connectivity index (χ2v) is 9.09. The van der Waals surface area contributed by atoms with E-state index in [2.05, 4.69) is 10.0 Å². The average Bonchev–Trinajstić information content (AvgIpc) is 2.69. The average molecular weight is 558 g/mol. The van der Waals surface area contributed by atoms with E-state index in [1.165, 1.54) is 19.2 Å². The van der Waals surface area contributed by atoms with Crippen molar-refractivity contribution in [2.45, 2.75) is 6.42 Å². The van der Waals surface area contributed by atoms with Gasteiger partial charge in [-0.1, -0.05) is 0 Å². The summed E-state index contributed by atoms with van der Waals surface area (Å²) in [5.41, 5.74) is 4.51. The van der Waals surface area contributed by atoms with Crippen molar-refractivity contribution in [1.29, 1.82) is 0 Å². The Labute approximate surface area is 187 Å². The number of hydrogen-bond acceptors (Lipinski definition) is 5. The first kappa shape index (κ1) is 24.7. The molecule has 0 heterocycles. The molecule has 166 valence electrons. The molecule has 0 aromatic heterocycles. The number of benzene rings is 2. The Balaban J connectivity index is 2.39. The van der Waals surface area contributed by atoms with Gasteiger partial charge >= 0.3 is 10.2 Å². The SMILES string of the molecule is COCCN(CCCN)S(=O)(=O)Nc1ccc(F)c(F)c1Nc1ccc(I)cc1F. The van der Waals surface area contributed by atoms with E-state index >= 15 is 0 Å². The van der Waals surface area contributed by atoms with Gasteiger partial charge in [-0.05, 0) is 65.9 Å². The number of anilines is 3. The largest absolute Gasteiger partial charge is 0.383 e. The third-order valence-electron chi connectivity index (χ3n) is 4.02. The summed E-state index contributed by atoms with van der Waals surface area (Å²) in [6, 6.07) is 5.93. The lowest BCUT2D eigenvalue weighted by atomic mass is 10.2. The third kappa shape index (κ3) is 6.44. The lowest BCUT2D eigenvalue weighted by molar-refractivity contribution is 0.179. The van der Waals surface area contributed by atoms with Crippen molar-refractivity contribution in [3.63, 3.8) is 0 Å². The molecule has 7 nitrogen and oxygen atoms in total. The second kappa shape index (κ2) is 11.1. The smallest absolute Gasteiger partial charge is 0.301 e. The molecule has 0 saturated heterocycles. The Bertz CT molecular complexity index is 971. The molecule has 0 spiro atoms. The topological polar surface area (TPSA) is 96.7 Å². The van der Waals surface area contributed by atoms with Crippen LogP contribution in [0.1, 0.15) is 6.42 Å². The zero-order valence-corrected chi connectivity index (χ0v) is 19.1. The van der Waals surface area contributed by atoms with Crippen LogP contribution < -0.4 is 15.8 Å². The number of nitrogens with two attached hydrogens (primary N) is 1. The van der Waals surface area contributed by atoms with E-state index in [9.17, 15) is 21.6 Å². The summed E-state index contributed by atoms with van der Waals surface area (Å²) in [6.07, 6.45) is 0.390. The van der Waals surface area contributed by atoms with Crippen molar-refractivity contribution in [3.8, 4) is 0 Å². The fourth-order valence-corrected chi connectivity index (χ4v) is 4.21.